The van der Waals surface area contributed by atoms with Gasteiger partial charge in [0.2, 0.25) is 10.0 Å². The first-order valence-electron chi connectivity index (χ1n) is 6.98. The summed E-state index contributed by atoms with van der Waals surface area (Å²) in [6, 6.07) is 6.85. The fourth-order valence-corrected chi connectivity index (χ4v) is 3.19. The van der Waals surface area contributed by atoms with E-state index in [0.29, 0.717) is 6.54 Å². The van der Waals surface area contributed by atoms with E-state index in [1.807, 2.05) is 0 Å². The highest BCUT2D eigenvalue weighted by Crippen LogP contribution is 2.16. The molecular formula is C14H25N3O2S. The van der Waals surface area contributed by atoms with Crippen LogP contribution in [0.3, 0.4) is 0 Å². The largest absolute Gasteiger partial charge is 0.381 e. The molecule has 0 radical (unpaired) electrons. The van der Waals surface area contributed by atoms with Crippen molar-refractivity contribution < 1.29 is 8.42 Å². The average Bonchev–Trinajstić information content (AvgIpc) is 2.37. The number of benzene rings is 1. The topological polar surface area (TPSA) is 84.2 Å². The highest BCUT2D eigenvalue weighted by molar-refractivity contribution is 7.89. The van der Waals surface area contributed by atoms with E-state index in [4.69, 9.17) is 5.73 Å². The average molecular weight is 299 g/mol. The number of nitrogens with two attached hydrogens (primary N) is 1. The first-order chi connectivity index (χ1) is 9.39. The molecule has 1 atom stereocenters. The first kappa shape index (κ1) is 16.9. The molecule has 0 bridgehead atoms. The predicted octanol–water partition coefficient (Wildman–Crippen LogP) is 1.91. The van der Waals surface area contributed by atoms with Crippen molar-refractivity contribution in [3.8, 4) is 0 Å². The van der Waals surface area contributed by atoms with Crippen molar-refractivity contribution in [3.63, 3.8) is 0 Å². The summed E-state index contributed by atoms with van der Waals surface area (Å²) < 4.78 is 26.5. The molecule has 1 aromatic rings. The molecule has 1 rings (SSSR count). The number of hydrogen-bond donors (Lipinski definition) is 3. The summed E-state index contributed by atoms with van der Waals surface area (Å²) >= 11 is 0. The minimum atomic E-state index is -3.42. The Morgan fingerprint density at radius 3 is 2.25 bits per heavy atom. The minimum absolute atomic E-state index is 0.121. The molecular weight excluding hydrogens is 274 g/mol. The Balaban J connectivity index is 2.78. The zero-order valence-electron chi connectivity index (χ0n) is 12.4. The van der Waals surface area contributed by atoms with Crippen LogP contribution in [-0.2, 0) is 10.0 Å². The van der Waals surface area contributed by atoms with Crippen molar-refractivity contribution in [1.82, 2.24) is 4.72 Å². The Morgan fingerprint density at radius 1 is 1.20 bits per heavy atom. The van der Waals surface area contributed by atoms with E-state index in [1.54, 1.807) is 38.1 Å². The van der Waals surface area contributed by atoms with Gasteiger partial charge in [-0.3, -0.25) is 0 Å². The molecule has 6 heteroatoms. The van der Waals surface area contributed by atoms with Crippen molar-refractivity contribution in [2.75, 3.05) is 11.9 Å². The molecule has 0 amide bonds. The van der Waals surface area contributed by atoms with Gasteiger partial charge in [0.05, 0.1) is 4.90 Å². The Labute approximate surface area is 122 Å². The molecule has 0 spiro atoms. The Kier molecular flexibility index (Phi) is 6.45. The summed E-state index contributed by atoms with van der Waals surface area (Å²) in [5.74, 6) is 0. The number of sulfonamides is 1. The van der Waals surface area contributed by atoms with Gasteiger partial charge in [0.25, 0.3) is 0 Å². The summed E-state index contributed by atoms with van der Waals surface area (Å²) in [4.78, 5) is 0.275. The predicted molar refractivity (Wildman–Crippen MR) is 83.3 cm³/mol. The number of hydrogen-bond acceptors (Lipinski definition) is 4. The molecule has 0 aliphatic heterocycles. The van der Waals surface area contributed by atoms with E-state index in [9.17, 15) is 8.42 Å². The third kappa shape index (κ3) is 5.11. The van der Waals surface area contributed by atoms with Gasteiger partial charge in [-0.15, -0.1) is 0 Å². The van der Waals surface area contributed by atoms with Crippen LogP contribution in [0.1, 0.15) is 33.6 Å². The molecule has 0 aromatic heterocycles. The van der Waals surface area contributed by atoms with E-state index < -0.39 is 10.0 Å². The summed E-state index contributed by atoms with van der Waals surface area (Å²) in [5.41, 5.74) is 6.58. The molecule has 4 N–H and O–H groups in total. The van der Waals surface area contributed by atoms with Crippen LogP contribution in [0.5, 0.6) is 0 Å². The van der Waals surface area contributed by atoms with Gasteiger partial charge in [-0.1, -0.05) is 13.3 Å². The van der Waals surface area contributed by atoms with Gasteiger partial charge in [-0.05, 0) is 44.5 Å². The third-order valence-corrected chi connectivity index (χ3v) is 4.52. The Bertz CT molecular complexity index is 498. The molecule has 0 aliphatic rings. The molecule has 0 saturated heterocycles. The maximum Gasteiger partial charge on any atom is 0.240 e. The van der Waals surface area contributed by atoms with E-state index in [0.717, 1.165) is 18.5 Å². The van der Waals surface area contributed by atoms with Gasteiger partial charge in [-0.25, -0.2) is 13.1 Å². The normalized spacial score (nSPS) is 13.4. The van der Waals surface area contributed by atoms with E-state index in [2.05, 4.69) is 17.0 Å². The smallest absolute Gasteiger partial charge is 0.240 e. The van der Waals surface area contributed by atoms with E-state index in [-0.39, 0.29) is 17.0 Å². The van der Waals surface area contributed by atoms with Gasteiger partial charge < -0.3 is 11.1 Å². The SMILES string of the molecule is CCCC(CN)Nc1ccc(S(=O)(=O)NC(C)C)cc1. The molecule has 5 nitrogen and oxygen atoms in total. The standard InChI is InChI=1S/C14H25N3O2S/c1-4-5-13(10-15)16-12-6-8-14(9-7-12)20(18,19)17-11(2)3/h6-9,11,13,16-17H,4-5,10,15H2,1-3H3. The molecule has 1 unspecified atom stereocenters. The second kappa shape index (κ2) is 7.61. The monoisotopic (exact) mass is 299 g/mol. The molecule has 0 aliphatic carbocycles. The van der Waals surface area contributed by atoms with Crippen LogP contribution in [0, 0.1) is 0 Å². The lowest BCUT2D eigenvalue weighted by Gasteiger charge is -2.17. The lowest BCUT2D eigenvalue weighted by atomic mass is 10.1. The van der Waals surface area contributed by atoms with Gasteiger partial charge >= 0.3 is 0 Å². The number of rotatable bonds is 8. The second-order valence-corrected chi connectivity index (χ2v) is 6.88. The molecule has 20 heavy (non-hydrogen) atoms. The number of nitrogens with one attached hydrogen (secondary N) is 2. The van der Waals surface area contributed by atoms with Crippen LogP contribution < -0.4 is 15.8 Å². The van der Waals surface area contributed by atoms with Gasteiger partial charge in [0.1, 0.15) is 0 Å². The Morgan fingerprint density at radius 2 is 1.80 bits per heavy atom. The zero-order chi connectivity index (χ0) is 15.2. The second-order valence-electron chi connectivity index (χ2n) is 5.17. The highest BCUT2D eigenvalue weighted by atomic mass is 32.2. The highest BCUT2D eigenvalue weighted by Gasteiger charge is 2.15. The van der Waals surface area contributed by atoms with E-state index in [1.165, 1.54) is 0 Å². The third-order valence-electron chi connectivity index (χ3n) is 2.85. The molecule has 1 aromatic carbocycles. The summed E-state index contributed by atoms with van der Waals surface area (Å²) in [6.45, 7) is 6.26. The lowest BCUT2D eigenvalue weighted by molar-refractivity contribution is 0.570. The van der Waals surface area contributed by atoms with Crippen molar-refractivity contribution in [1.29, 1.82) is 0 Å². The summed E-state index contributed by atoms with van der Waals surface area (Å²) in [7, 11) is -3.42. The van der Waals surface area contributed by atoms with Gasteiger partial charge in [0.15, 0.2) is 0 Å². The van der Waals surface area contributed by atoms with Crippen molar-refractivity contribution in [2.24, 2.45) is 5.73 Å². The molecule has 0 saturated carbocycles. The van der Waals surface area contributed by atoms with Crippen molar-refractivity contribution >= 4 is 15.7 Å². The number of anilines is 1. The maximum atomic E-state index is 12.0. The maximum absolute atomic E-state index is 12.0. The van der Waals surface area contributed by atoms with Crippen LogP contribution in [0.4, 0.5) is 5.69 Å². The summed E-state index contributed by atoms with van der Waals surface area (Å²) in [6.07, 6.45) is 2.05. The van der Waals surface area contributed by atoms with Crippen LogP contribution in [0.25, 0.3) is 0 Å². The molecule has 114 valence electrons. The van der Waals surface area contributed by atoms with E-state index >= 15 is 0 Å². The zero-order valence-corrected chi connectivity index (χ0v) is 13.2. The molecule has 0 fully saturated rings. The fourth-order valence-electron chi connectivity index (χ4n) is 1.94. The minimum Gasteiger partial charge on any atom is -0.381 e. The quantitative estimate of drug-likeness (QED) is 0.684. The van der Waals surface area contributed by atoms with Crippen molar-refractivity contribution in [3.05, 3.63) is 24.3 Å². The van der Waals surface area contributed by atoms with Crippen LogP contribution in [0.2, 0.25) is 0 Å². The van der Waals surface area contributed by atoms with Crippen LogP contribution in [-0.4, -0.2) is 27.0 Å². The summed E-state index contributed by atoms with van der Waals surface area (Å²) in [5, 5.41) is 3.31. The van der Waals surface area contributed by atoms with Crippen LogP contribution in [0.15, 0.2) is 29.2 Å². The fraction of sp³-hybridized carbons (Fsp3) is 0.571. The van der Waals surface area contributed by atoms with Gasteiger partial charge in [0, 0.05) is 24.3 Å². The lowest BCUT2D eigenvalue weighted by Crippen LogP contribution is -2.30. The van der Waals surface area contributed by atoms with Crippen LogP contribution >= 0.6 is 0 Å². The van der Waals surface area contributed by atoms with Gasteiger partial charge in [-0.2, -0.15) is 0 Å². The van der Waals surface area contributed by atoms with Crippen molar-refractivity contribution in [2.45, 2.75) is 50.6 Å². The Hall–Kier alpha value is -1.11. The first-order valence-corrected chi connectivity index (χ1v) is 8.46. The molecule has 0 heterocycles.